The second-order valence-corrected chi connectivity index (χ2v) is 5.08. The molecule has 0 saturated carbocycles. The number of likely N-dealkylation sites (tertiary alicyclic amines) is 1. The molecular formula is C14H20N2O. The number of nitrogen functional groups attached to an aromatic ring is 1. The van der Waals surface area contributed by atoms with Crippen LogP contribution >= 0.6 is 0 Å². The van der Waals surface area contributed by atoms with Crippen molar-refractivity contribution in [1.29, 1.82) is 0 Å². The summed E-state index contributed by atoms with van der Waals surface area (Å²) in [6.45, 7) is 7.13. The van der Waals surface area contributed by atoms with Crippen LogP contribution in [0, 0.1) is 12.8 Å². The molecule has 3 heteroatoms. The van der Waals surface area contributed by atoms with Crippen molar-refractivity contribution < 1.29 is 4.79 Å². The topological polar surface area (TPSA) is 46.3 Å². The molecule has 2 unspecified atom stereocenters. The van der Waals surface area contributed by atoms with Gasteiger partial charge in [-0.25, -0.2) is 0 Å². The molecule has 17 heavy (non-hydrogen) atoms. The summed E-state index contributed by atoms with van der Waals surface area (Å²) in [5.74, 6) is 0.701. The predicted molar refractivity (Wildman–Crippen MR) is 69.9 cm³/mol. The van der Waals surface area contributed by atoms with Crippen LogP contribution < -0.4 is 5.73 Å². The first-order valence-electron chi connectivity index (χ1n) is 6.18. The van der Waals surface area contributed by atoms with Gasteiger partial charge in [0, 0.05) is 23.8 Å². The van der Waals surface area contributed by atoms with Crippen LogP contribution in [0.2, 0.25) is 0 Å². The van der Waals surface area contributed by atoms with E-state index in [9.17, 15) is 4.79 Å². The molecule has 0 aliphatic carbocycles. The van der Waals surface area contributed by atoms with Crippen molar-refractivity contribution in [3.63, 3.8) is 0 Å². The second kappa shape index (κ2) is 4.40. The minimum atomic E-state index is 0.117. The predicted octanol–water partition coefficient (Wildman–Crippen LogP) is 2.45. The molecule has 2 rings (SSSR count). The Morgan fingerprint density at radius 2 is 2.12 bits per heavy atom. The summed E-state index contributed by atoms with van der Waals surface area (Å²) in [6, 6.07) is 5.85. The van der Waals surface area contributed by atoms with Crippen molar-refractivity contribution in [2.24, 2.45) is 5.92 Å². The number of nitrogens with zero attached hydrogens (tertiary/aromatic N) is 1. The zero-order valence-corrected chi connectivity index (χ0v) is 10.7. The Kier molecular flexibility index (Phi) is 3.09. The highest BCUT2D eigenvalue weighted by Crippen LogP contribution is 2.26. The van der Waals surface area contributed by atoms with Gasteiger partial charge >= 0.3 is 0 Å². The van der Waals surface area contributed by atoms with E-state index in [1.807, 2.05) is 24.0 Å². The van der Waals surface area contributed by atoms with Crippen molar-refractivity contribution >= 4 is 11.6 Å². The average Bonchev–Trinajstić information content (AvgIpc) is 2.62. The summed E-state index contributed by atoms with van der Waals surface area (Å²) in [4.78, 5) is 14.4. The summed E-state index contributed by atoms with van der Waals surface area (Å²) < 4.78 is 0. The van der Waals surface area contributed by atoms with Gasteiger partial charge in [0.15, 0.2) is 0 Å². The molecule has 0 bridgehead atoms. The maximum atomic E-state index is 12.4. The number of benzene rings is 1. The minimum absolute atomic E-state index is 0.117. The molecule has 1 fully saturated rings. The standard InChI is InChI=1S/C14H20N2O/c1-9-6-7-16(11(9)3)14(17)13-8-12(15)5-4-10(13)2/h4-5,8-9,11H,6-7,15H2,1-3H3. The Balaban J connectivity index is 2.28. The number of carbonyl (C=O) groups excluding carboxylic acids is 1. The van der Waals surface area contributed by atoms with Crippen LogP contribution in [0.3, 0.4) is 0 Å². The molecule has 1 aromatic rings. The van der Waals surface area contributed by atoms with E-state index in [-0.39, 0.29) is 5.91 Å². The summed E-state index contributed by atoms with van der Waals surface area (Å²) in [5, 5.41) is 0. The van der Waals surface area contributed by atoms with Gasteiger partial charge in [0.2, 0.25) is 0 Å². The molecule has 92 valence electrons. The van der Waals surface area contributed by atoms with Crippen molar-refractivity contribution in [2.45, 2.75) is 33.2 Å². The number of aryl methyl sites for hydroxylation is 1. The van der Waals surface area contributed by atoms with Crippen LogP contribution in [0.15, 0.2) is 18.2 Å². The molecule has 1 amide bonds. The molecular weight excluding hydrogens is 212 g/mol. The van der Waals surface area contributed by atoms with E-state index in [2.05, 4.69) is 13.8 Å². The van der Waals surface area contributed by atoms with Crippen LogP contribution in [0.25, 0.3) is 0 Å². The van der Waals surface area contributed by atoms with Gasteiger partial charge in [-0.15, -0.1) is 0 Å². The zero-order chi connectivity index (χ0) is 12.6. The Labute approximate surface area is 103 Å². The van der Waals surface area contributed by atoms with Crippen LogP contribution in [-0.4, -0.2) is 23.4 Å². The smallest absolute Gasteiger partial charge is 0.254 e. The maximum Gasteiger partial charge on any atom is 0.254 e. The van der Waals surface area contributed by atoms with Crippen LogP contribution in [0.4, 0.5) is 5.69 Å². The molecule has 1 aromatic carbocycles. The van der Waals surface area contributed by atoms with Crippen molar-refractivity contribution in [1.82, 2.24) is 4.90 Å². The maximum absolute atomic E-state index is 12.4. The van der Waals surface area contributed by atoms with Crippen molar-refractivity contribution in [2.75, 3.05) is 12.3 Å². The first kappa shape index (κ1) is 12.0. The van der Waals surface area contributed by atoms with Crippen molar-refractivity contribution in [3.05, 3.63) is 29.3 Å². The normalized spacial score (nSPS) is 24.1. The summed E-state index contributed by atoms with van der Waals surface area (Å²) in [6.07, 6.45) is 1.09. The fraction of sp³-hybridized carbons (Fsp3) is 0.500. The van der Waals surface area contributed by atoms with E-state index in [1.54, 1.807) is 6.07 Å². The number of anilines is 1. The summed E-state index contributed by atoms with van der Waals surface area (Å²) >= 11 is 0. The molecule has 1 aliphatic heterocycles. The molecule has 0 radical (unpaired) electrons. The Hall–Kier alpha value is -1.51. The molecule has 3 nitrogen and oxygen atoms in total. The molecule has 2 N–H and O–H groups in total. The average molecular weight is 232 g/mol. The monoisotopic (exact) mass is 232 g/mol. The number of hydrogen-bond acceptors (Lipinski definition) is 2. The highest BCUT2D eigenvalue weighted by atomic mass is 16.2. The number of amides is 1. The Morgan fingerprint density at radius 1 is 1.41 bits per heavy atom. The first-order chi connectivity index (χ1) is 8.00. The van der Waals surface area contributed by atoms with Gasteiger partial charge in [0.25, 0.3) is 5.91 Å². The fourth-order valence-corrected chi connectivity index (χ4v) is 2.41. The highest BCUT2D eigenvalue weighted by Gasteiger charge is 2.31. The number of carbonyl (C=O) groups is 1. The Bertz CT molecular complexity index is 442. The number of hydrogen-bond donors (Lipinski definition) is 1. The van der Waals surface area contributed by atoms with Gasteiger partial charge in [0.05, 0.1) is 0 Å². The van der Waals surface area contributed by atoms with Gasteiger partial charge in [-0.3, -0.25) is 4.79 Å². The zero-order valence-electron chi connectivity index (χ0n) is 10.7. The van der Waals surface area contributed by atoms with E-state index in [4.69, 9.17) is 5.73 Å². The molecule has 2 atom stereocenters. The molecule has 0 aromatic heterocycles. The lowest BCUT2D eigenvalue weighted by Crippen LogP contribution is -2.35. The van der Waals surface area contributed by atoms with E-state index in [0.717, 1.165) is 24.1 Å². The third-order valence-corrected chi connectivity index (χ3v) is 3.89. The largest absolute Gasteiger partial charge is 0.399 e. The third kappa shape index (κ3) is 2.14. The number of rotatable bonds is 1. The number of nitrogens with two attached hydrogens (primary N) is 1. The van der Waals surface area contributed by atoms with Crippen LogP contribution in [0.5, 0.6) is 0 Å². The van der Waals surface area contributed by atoms with Crippen LogP contribution in [0.1, 0.15) is 36.2 Å². The lowest BCUT2D eigenvalue weighted by Gasteiger charge is -2.24. The SMILES string of the molecule is Cc1ccc(N)cc1C(=O)N1CCC(C)C1C. The quantitative estimate of drug-likeness (QED) is 0.756. The van der Waals surface area contributed by atoms with Gasteiger partial charge in [-0.05, 0) is 43.9 Å². The van der Waals surface area contributed by atoms with Crippen LogP contribution in [-0.2, 0) is 0 Å². The van der Waals surface area contributed by atoms with Gasteiger partial charge in [-0.1, -0.05) is 13.0 Å². The van der Waals surface area contributed by atoms with Gasteiger partial charge in [0.1, 0.15) is 0 Å². The first-order valence-corrected chi connectivity index (χ1v) is 6.18. The molecule has 0 spiro atoms. The van der Waals surface area contributed by atoms with E-state index in [0.29, 0.717) is 17.6 Å². The van der Waals surface area contributed by atoms with E-state index < -0.39 is 0 Å². The van der Waals surface area contributed by atoms with E-state index in [1.165, 1.54) is 0 Å². The molecule has 1 heterocycles. The molecule has 1 saturated heterocycles. The minimum Gasteiger partial charge on any atom is -0.399 e. The van der Waals surface area contributed by atoms with Crippen molar-refractivity contribution in [3.8, 4) is 0 Å². The van der Waals surface area contributed by atoms with Gasteiger partial charge < -0.3 is 10.6 Å². The Morgan fingerprint density at radius 3 is 2.71 bits per heavy atom. The fourth-order valence-electron chi connectivity index (χ4n) is 2.41. The lowest BCUT2D eigenvalue weighted by atomic mass is 10.0. The summed E-state index contributed by atoms with van der Waals surface area (Å²) in [7, 11) is 0. The van der Waals surface area contributed by atoms with Gasteiger partial charge in [-0.2, -0.15) is 0 Å². The molecule has 1 aliphatic rings. The summed E-state index contributed by atoms with van der Waals surface area (Å²) in [5.41, 5.74) is 8.14. The second-order valence-electron chi connectivity index (χ2n) is 5.08. The van der Waals surface area contributed by atoms with E-state index >= 15 is 0 Å². The highest BCUT2D eigenvalue weighted by molar-refractivity contribution is 5.96. The third-order valence-electron chi connectivity index (χ3n) is 3.89. The lowest BCUT2D eigenvalue weighted by molar-refractivity contribution is 0.0734.